The van der Waals surface area contributed by atoms with E-state index in [9.17, 15) is 5.11 Å². The molecule has 1 aromatic rings. The zero-order valence-corrected chi connectivity index (χ0v) is 12.2. The third-order valence-electron chi connectivity index (χ3n) is 3.89. The summed E-state index contributed by atoms with van der Waals surface area (Å²) in [5, 5.41) is 10.5. The van der Waals surface area contributed by atoms with Gasteiger partial charge in [0.05, 0.1) is 6.61 Å². The van der Waals surface area contributed by atoms with Crippen molar-refractivity contribution in [1.29, 1.82) is 0 Å². The highest BCUT2D eigenvalue weighted by Gasteiger charge is 2.33. The summed E-state index contributed by atoms with van der Waals surface area (Å²) in [6, 6.07) is 7.92. The van der Waals surface area contributed by atoms with E-state index >= 15 is 0 Å². The Balaban J connectivity index is 1.96. The second-order valence-corrected chi connectivity index (χ2v) is 5.94. The van der Waals surface area contributed by atoms with Crippen molar-refractivity contribution in [3.05, 3.63) is 34.9 Å². The van der Waals surface area contributed by atoms with Crippen LogP contribution in [-0.4, -0.2) is 43.4 Å². The lowest BCUT2D eigenvalue weighted by Gasteiger charge is -2.38. The van der Waals surface area contributed by atoms with Crippen LogP contribution in [-0.2, 0) is 11.3 Å². The maximum absolute atomic E-state index is 9.70. The molecule has 19 heavy (non-hydrogen) atoms. The van der Waals surface area contributed by atoms with E-state index in [0.29, 0.717) is 0 Å². The highest BCUT2D eigenvalue weighted by atomic mass is 35.5. The quantitative estimate of drug-likeness (QED) is 0.901. The van der Waals surface area contributed by atoms with Crippen LogP contribution in [0.2, 0.25) is 5.02 Å². The van der Waals surface area contributed by atoms with Gasteiger partial charge in [0.1, 0.15) is 0 Å². The Morgan fingerprint density at radius 1 is 1.32 bits per heavy atom. The standard InChI is InChI=1S/C15H22ClNO2/c1-17(10-13-4-2-3-5-14(13)16)11-15(12-18)6-8-19-9-7-15/h2-5,18H,6-12H2,1H3. The van der Waals surface area contributed by atoms with Gasteiger partial charge in [0.2, 0.25) is 0 Å². The van der Waals surface area contributed by atoms with Crippen molar-refractivity contribution >= 4 is 11.6 Å². The van der Waals surface area contributed by atoms with E-state index in [4.69, 9.17) is 16.3 Å². The van der Waals surface area contributed by atoms with Crippen molar-refractivity contribution in [1.82, 2.24) is 4.90 Å². The van der Waals surface area contributed by atoms with Crippen LogP contribution in [0.25, 0.3) is 0 Å². The molecule has 0 aromatic heterocycles. The summed E-state index contributed by atoms with van der Waals surface area (Å²) < 4.78 is 5.39. The maximum atomic E-state index is 9.70. The number of aliphatic hydroxyl groups excluding tert-OH is 1. The molecule has 0 saturated carbocycles. The van der Waals surface area contributed by atoms with Crippen molar-refractivity contribution in [2.24, 2.45) is 5.41 Å². The summed E-state index contributed by atoms with van der Waals surface area (Å²) in [7, 11) is 2.08. The van der Waals surface area contributed by atoms with Gasteiger partial charge in [0.15, 0.2) is 0 Å². The lowest BCUT2D eigenvalue weighted by molar-refractivity contribution is -0.0318. The largest absolute Gasteiger partial charge is 0.396 e. The van der Waals surface area contributed by atoms with E-state index < -0.39 is 0 Å². The van der Waals surface area contributed by atoms with Crippen molar-refractivity contribution in [2.45, 2.75) is 19.4 Å². The predicted octanol–water partition coefficient (Wildman–Crippen LogP) is 2.56. The number of aliphatic hydroxyl groups is 1. The summed E-state index contributed by atoms with van der Waals surface area (Å²) >= 11 is 6.18. The SMILES string of the molecule is CN(Cc1ccccc1Cl)CC1(CO)CCOCC1. The molecule has 1 aliphatic heterocycles. The van der Waals surface area contributed by atoms with Crippen molar-refractivity contribution in [2.75, 3.05) is 33.4 Å². The van der Waals surface area contributed by atoms with Gasteiger partial charge < -0.3 is 14.7 Å². The first-order chi connectivity index (χ1) is 9.15. The Kier molecular flexibility index (Phi) is 5.22. The summed E-state index contributed by atoms with van der Waals surface area (Å²) in [5.41, 5.74) is 1.11. The number of ether oxygens (including phenoxy) is 1. The molecule has 4 heteroatoms. The van der Waals surface area contributed by atoms with Crippen LogP contribution in [0.3, 0.4) is 0 Å². The van der Waals surface area contributed by atoms with Crippen LogP contribution in [0.1, 0.15) is 18.4 Å². The van der Waals surface area contributed by atoms with Crippen LogP contribution < -0.4 is 0 Å². The number of hydrogen-bond acceptors (Lipinski definition) is 3. The van der Waals surface area contributed by atoms with Gasteiger partial charge in [0, 0.05) is 36.7 Å². The first kappa shape index (κ1) is 14.8. The monoisotopic (exact) mass is 283 g/mol. The third kappa shape index (κ3) is 3.93. The fourth-order valence-electron chi connectivity index (χ4n) is 2.72. The number of benzene rings is 1. The Bertz CT molecular complexity index is 405. The second kappa shape index (κ2) is 6.71. The lowest BCUT2D eigenvalue weighted by Crippen LogP contribution is -2.42. The molecule has 0 amide bonds. The average molecular weight is 284 g/mol. The third-order valence-corrected chi connectivity index (χ3v) is 4.26. The van der Waals surface area contributed by atoms with Crippen molar-refractivity contribution in [3.8, 4) is 0 Å². The molecule has 1 aromatic carbocycles. The van der Waals surface area contributed by atoms with Gasteiger partial charge >= 0.3 is 0 Å². The molecule has 1 aliphatic rings. The number of nitrogens with zero attached hydrogens (tertiary/aromatic N) is 1. The summed E-state index contributed by atoms with van der Waals surface area (Å²) in [6.07, 6.45) is 1.85. The van der Waals surface area contributed by atoms with Gasteiger partial charge in [-0.3, -0.25) is 0 Å². The summed E-state index contributed by atoms with van der Waals surface area (Å²) in [4.78, 5) is 2.24. The molecule has 0 spiro atoms. The first-order valence-electron chi connectivity index (χ1n) is 6.76. The van der Waals surface area contributed by atoms with Gasteiger partial charge in [-0.15, -0.1) is 0 Å². The summed E-state index contributed by atoms with van der Waals surface area (Å²) in [5.74, 6) is 0. The Labute approximate surface area is 120 Å². The highest BCUT2D eigenvalue weighted by molar-refractivity contribution is 6.31. The number of hydrogen-bond donors (Lipinski definition) is 1. The van der Waals surface area contributed by atoms with Gasteiger partial charge in [-0.2, -0.15) is 0 Å². The topological polar surface area (TPSA) is 32.7 Å². The Hall–Kier alpha value is -0.610. The highest BCUT2D eigenvalue weighted by Crippen LogP contribution is 2.31. The molecular weight excluding hydrogens is 262 g/mol. The molecule has 0 unspecified atom stereocenters. The van der Waals surface area contributed by atoms with Gasteiger partial charge in [0.25, 0.3) is 0 Å². The molecule has 1 saturated heterocycles. The molecule has 106 valence electrons. The van der Waals surface area contributed by atoms with Crippen LogP contribution in [0.15, 0.2) is 24.3 Å². The molecular formula is C15H22ClNO2. The molecule has 0 aliphatic carbocycles. The molecule has 2 rings (SSSR count). The molecule has 0 bridgehead atoms. The molecule has 0 atom stereocenters. The molecule has 3 nitrogen and oxygen atoms in total. The van der Waals surface area contributed by atoms with E-state index in [2.05, 4.69) is 18.0 Å². The zero-order valence-electron chi connectivity index (χ0n) is 11.4. The summed E-state index contributed by atoms with van der Waals surface area (Å²) in [6.45, 7) is 3.41. The van der Waals surface area contributed by atoms with Crippen LogP contribution in [0.4, 0.5) is 0 Å². The van der Waals surface area contributed by atoms with E-state index in [1.165, 1.54) is 0 Å². The minimum Gasteiger partial charge on any atom is -0.396 e. The smallest absolute Gasteiger partial charge is 0.0501 e. The van der Waals surface area contributed by atoms with E-state index in [1.807, 2.05) is 18.2 Å². The van der Waals surface area contributed by atoms with Crippen LogP contribution in [0, 0.1) is 5.41 Å². The van der Waals surface area contributed by atoms with E-state index in [1.54, 1.807) is 0 Å². The maximum Gasteiger partial charge on any atom is 0.0501 e. The minimum atomic E-state index is -0.0196. The normalized spacial score (nSPS) is 18.7. The van der Waals surface area contributed by atoms with Crippen molar-refractivity contribution < 1.29 is 9.84 Å². The number of halogens is 1. The number of rotatable bonds is 5. The fraction of sp³-hybridized carbons (Fsp3) is 0.600. The van der Waals surface area contributed by atoms with Gasteiger partial charge in [-0.05, 0) is 31.5 Å². The zero-order chi connectivity index (χ0) is 13.7. The average Bonchev–Trinajstić information content (AvgIpc) is 2.42. The Morgan fingerprint density at radius 2 is 2.00 bits per heavy atom. The fourth-order valence-corrected chi connectivity index (χ4v) is 2.91. The second-order valence-electron chi connectivity index (χ2n) is 5.53. The molecule has 1 heterocycles. The molecule has 1 N–H and O–H groups in total. The first-order valence-corrected chi connectivity index (χ1v) is 7.14. The van der Waals surface area contributed by atoms with Crippen molar-refractivity contribution in [3.63, 3.8) is 0 Å². The molecule has 0 radical (unpaired) electrons. The predicted molar refractivity (Wildman–Crippen MR) is 77.4 cm³/mol. The van der Waals surface area contributed by atoms with Gasteiger partial charge in [-0.1, -0.05) is 29.8 Å². The Morgan fingerprint density at radius 3 is 2.63 bits per heavy atom. The minimum absolute atomic E-state index is 0.0196. The lowest BCUT2D eigenvalue weighted by atomic mass is 9.80. The van der Waals surface area contributed by atoms with E-state index in [-0.39, 0.29) is 12.0 Å². The van der Waals surface area contributed by atoms with Crippen LogP contribution in [0.5, 0.6) is 0 Å². The molecule has 1 fully saturated rings. The van der Waals surface area contributed by atoms with E-state index in [0.717, 1.165) is 49.7 Å². The van der Waals surface area contributed by atoms with Gasteiger partial charge in [-0.25, -0.2) is 0 Å². The van der Waals surface area contributed by atoms with Crippen LogP contribution >= 0.6 is 11.6 Å².